The van der Waals surface area contributed by atoms with E-state index in [4.69, 9.17) is 11.8 Å². The first kappa shape index (κ1) is 8.74. The van der Waals surface area contributed by atoms with Gasteiger partial charge in [0.05, 0.1) is 0 Å². The molecular weight excluding hydrogens is 159 g/mol. The van der Waals surface area contributed by atoms with Gasteiger partial charge in [-0.1, -0.05) is 31.1 Å². The first-order chi connectivity index (χ1) is 4.61. The first-order valence-electron chi connectivity index (χ1n) is 4.15. The highest BCUT2D eigenvalue weighted by Gasteiger charge is 2.20. The quantitative estimate of drug-likeness (QED) is 0.553. The maximum absolute atomic E-state index is 5.52. The van der Waals surface area contributed by atoms with Crippen LogP contribution in [0.1, 0.15) is 32.1 Å². The van der Waals surface area contributed by atoms with Crippen molar-refractivity contribution in [2.24, 2.45) is 0 Å². The SMILES string of the molecule is CP(C)(=S)C1CCCCC1. The minimum absolute atomic E-state index is 0.908. The molecule has 0 radical (unpaired) electrons. The highest BCUT2D eigenvalue weighted by molar-refractivity contribution is 8.14. The van der Waals surface area contributed by atoms with Crippen LogP contribution in [-0.2, 0) is 11.8 Å². The molecule has 0 N–H and O–H groups in total. The zero-order valence-electron chi connectivity index (χ0n) is 6.97. The number of hydrogen-bond donors (Lipinski definition) is 0. The van der Waals surface area contributed by atoms with Crippen molar-refractivity contribution < 1.29 is 0 Å². The highest BCUT2D eigenvalue weighted by atomic mass is 32.4. The van der Waals surface area contributed by atoms with Gasteiger partial charge in [-0.25, -0.2) is 0 Å². The molecular formula is C8H17PS. The Morgan fingerprint density at radius 3 is 1.90 bits per heavy atom. The number of rotatable bonds is 1. The topological polar surface area (TPSA) is 0 Å². The normalized spacial score (nSPS) is 23.0. The fraction of sp³-hybridized carbons (Fsp3) is 1.00. The van der Waals surface area contributed by atoms with Gasteiger partial charge in [-0.2, -0.15) is 0 Å². The molecule has 0 saturated heterocycles. The van der Waals surface area contributed by atoms with Gasteiger partial charge in [0.2, 0.25) is 0 Å². The summed E-state index contributed by atoms with van der Waals surface area (Å²) in [6, 6.07) is -0.908. The molecule has 0 atom stereocenters. The third kappa shape index (κ3) is 2.36. The van der Waals surface area contributed by atoms with Crippen LogP contribution in [-0.4, -0.2) is 19.0 Å². The molecule has 0 nitrogen and oxygen atoms in total. The second-order valence-electron chi connectivity index (χ2n) is 3.73. The molecule has 0 spiro atoms. The fourth-order valence-electron chi connectivity index (χ4n) is 1.70. The molecule has 10 heavy (non-hydrogen) atoms. The monoisotopic (exact) mass is 176 g/mol. The molecule has 1 aliphatic carbocycles. The van der Waals surface area contributed by atoms with Gasteiger partial charge in [0.25, 0.3) is 0 Å². The smallest absolute Gasteiger partial charge is 0.0123 e. The van der Waals surface area contributed by atoms with E-state index < -0.39 is 6.04 Å². The predicted octanol–water partition coefficient (Wildman–Crippen LogP) is 3.06. The summed E-state index contributed by atoms with van der Waals surface area (Å²) in [5, 5.41) is 0. The number of hydrogen-bond acceptors (Lipinski definition) is 1. The minimum atomic E-state index is -0.908. The van der Waals surface area contributed by atoms with Crippen molar-refractivity contribution in [1.29, 1.82) is 0 Å². The van der Waals surface area contributed by atoms with E-state index in [0.29, 0.717) is 0 Å². The predicted molar refractivity (Wildman–Crippen MR) is 53.0 cm³/mol. The van der Waals surface area contributed by atoms with Gasteiger partial charge in [-0.3, -0.25) is 0 Å². The molecule has 0 aliphatic heterocycles. The van der Waals surface area contributed by atoms with E-state index in [9.17, 15) is 0 Å². The minimum Gasteiger partial charge on any atom is -0.0978 e. The fourth-order valence-corrected chi connectivity index (χ4v) is 3.94. The maximum Gasteiger partial charge on any atom is -0.0123 e. The largest absolute Gasteiger partial charge is 0.0978 e. The summed E-state index contributed by atoms with van der Waals surface area (Å²) in [5.74, 6) is 0. The van der Waals surface area contributed by atoms with Crippen molar-refractivity contribution in [1.82, 2.24) is 0 Å². The van der Waals surface area contributed by atoms with Crippen molar-refractivity contribution in [3.05, 3.63) is 0 Å². The van der Waals surface area contributed by atoms with Crippen LogP contribution in [0.5, 0.6) is 0 Å². The Morgan fingerprint density at radius 2 is 1.60 bits per heavy atom. The molecule has 0 aromatic rings. The first-order valence-corrected chi connectivity index (χ1v) is 7.92. The van der Waals surface area contributed by atoms with E-state index in [0.717, 1.165) is 5.66 Å². The average molecular weight is 176 g/mol. The van der Waals surface area contributed by atoms with E-state index in [-0.39, 0.29) is 0 Å². The average Bonchev–Trinajstić information content (AvgIpc) is 1.88. The molecule has 0 unspecified atom stereocenters. The molecule has 1 aliphatic rings. The van der Waals surface area contributed by atoms with Gasteiger partial charge in [0, 0.05) is 0 Å². The van der Waals surface area contributed by atoms with Gasteiger partial charge >= 0.3 is 0 Å². The van der Waals surface area contributed by atoms with Crippen LogP contribution in [0.3, 0.4) is 0 Å². The Hall–Kier alpha value is 0.650. The van der Waals surface area contributed by atoms with Crippen molar-refractivity contribution in [2.45, 2.75) is 37.8 Å². The standard InChI is InChI=1S/C8H17PS/c1-9(2,10)8-6-4-3-5-7-8/h8H,3-7H2,1-2H3. The summed E-state index contributed by atoms with van der Waals surface area (Å²) in [5.41, 5.74) is 0.927. The Morgan fingerprint density at radius 1 is 1.10 bits per heavy atom. The lowest BCUT2D eigenvalue weighted by molar-refractivity contribution is 0.511. The molecule has 0 aromatic heterocycles. The Kier molecular flexibility index (Phi) is 2.94. The second-order valence-corrected chi connectivity index (χ2v) is 10.1. The summed E-state index contributed by atoms with van der Waals surface area (Å²) >= 11 is 5.52. The van der Waals surface area contributed by atoms with Gasteiger partial charge < -0.3 is 0 Å². The molecule has 0 amide bonds. The molecule has 0 heterocycles. The third-order valence-electron chi connectivity index (χ3n) is 2.45. The summed E-state index contributed by atoms with van der Waals surface area (Å²) < 4.78 is 0. The van der Waals surface area contributed by atoms with Crippen LogP contribution in [0.4, 0.5) is 0 Å². The molecule has 1 saturated carbocycles. The summed E-state index contributed by atoms with van der Waals surface area (Å²) in [6.07, 6.45) is 7.16. The van der Waals surface area contributed by atoms with Gasteiger partial charge in [0.15, 0.2) is 0 Å². The Bertz CT molecular complexity index is 141. The van der Waals surface area contributed by atoms with Crippen molar-refractivity contribution >= 4 is 17.8 Å². The third-order valence-corrected chi connectivity index (χ3v) is 5.62. The van der Waals surface area contributed by atoms with E-state index in [1.165, 1.54) is 32.1 Å². The van der Waals surface area contributed by atoms with Crippen molar-refractivity contribution in [2.75, 3.05) is 13.3 Å². The van der Waals surface area contributed by atoms with Gasteiger partial charge in [0.1, 0.15) is 0 Å². The zero-order chi connectivity index (χ0) is 7.61. The van der Waals surface area contributed by atoms with E-state index in [1.54, 1.807) is 0 Å². The van der Waals surface area contributed by atoms with Crippen LogP contribution in [0.25, 0.3) is 0 Å². The van der Waals surface area contributed by atoms with Crippen LogP contribution < -0.4 is 0 Å². The molecule has 1 fully saturated rings. The molecule has 1 rings (SSSR count). The van der Waals surface area contributed by atoms with E-state index >= 15 is 0 Å². The van der Waals surface area contributed by atoms with Crippen LogP contribution in [0.2, 0.25) is 0 Å². The molecule has 0 aromatic carbocycles. The van der Waals surface area contributed by atoms with Crippen LogP contribution in [0, 0.1) is 0 Å². The van der Waals surface area contributed by atoms with Gasteiger partial charge in [-0.05, 0) is 37.9 Å². The summed E-state index contributed by atoms with van der Waals surface area (Å²) in [6.45, 7) is 4.61. The summed E-state index contributed by atoms with van der Waals surface area (Å²) in [7, 11) is 0. The maximum atomic E-state index is 5.52. The second kappa shape index (κ2) is 3.36. The molecule has 0 bridgehead atoms. The van der Waals surface area contributed by atoms with Crippen LogP contribution >= 0.6 is 6.04 Å². The van der Waals surface area contributed by atoms with Crippen molar-refractivity contribution in [3.8, 4) is 0 Å². The van der Waals surface area contributed by atoms with Gasteiger partial charge in [-0.15, -0.1) is 0 Å². The van der Waals surface area contributed by atoms with E-state index in [1.807, 2.05) is 0 Å². The Balaban J connectivity index is 2.47. The molecule has 60 valence electrons. The zero-order valence-corrected chi connectivity index (χ0v) is 8.68. The lowest BCUT2D eigenvalue weighted by Gasteiger charge is -2.27. The lowest BCUT2D eigenvalue weighted by atomic mass is 10.0. The summed E-state index contributed by atoms with van der Waals surface area (Å²) in [4.78, 5) is 0. The van der Waals surface area contributed by atoms with Crippen molar-refractivity contribution in [3.63, 3.8) is 0 Å². The molecule has 2 heteroatoms. The highest BCUT2D eigenvalue weighted by Crippen LogP contribution is 2.49. The van der Waals surface area contributed by atoms with Crippen LogP contribution in [0.15, 0.2) is 0 Å². The van der Waals surface area contributed by atoms with E-state index in [2.05, 4.69) is 13.3 Å². The Labute approximate surface area is 69.4 Å². The lowest BCUT2D eigenvalue weighted by Crippen LogP contribution is -2.11.